The normalized spacial score (nSPS) is 21.6. The molecule has 0 N–H and O–H groups in total. The predicted molar refractivity (Wildman–Crippen MR) is 58.7 cm³/mol. The Kier molecular flexibility index (Phi) is 2.36. The first-order chi connectivity index (χ1) is 6.74. The highest BCUT2D eigenvalue weighted by molar-refractivity contribution is 5.61. The maximum atomic E-state index is 5.90. The second-order valence-corrected chi connectivity index (χ2v) is 3.97. The Morgan fingerprint density at radius 3 is 2.79 bits per heavy atom. The third-order valence-corrected chi connectivity index (χ3v) is 3.01. The van der Waals surface area contributed by atoms with E-state index >= 15 is 0 Å². The fraction of sp³-hybridized carbons (Fsp3) is 0.500. The van der Waals surface area contributed by atoms with Gasteiger partial charge in [-0.25, -0.2) is 0 Å². The molecule has 0 saturated heterocycles. The van der Waals surface area contributed by atoms with Crippen molar-refractivity contribution in [2.24, 2.45) is 5.92 Å². The van der Waals surface area contributed by atoms with E-state index in [0.717, 1.165) is 12.2 Å². The average molecular weight is 191 g/mol. The number of anilines is 1. The molecule has 2 rings (SSSR count). The lowest BCUT2D eigenvalue weighted by atomic mass is 10.1. The number of para-hydroxylation sites is 2. The molecule has 0 radical (unpaired) electrons. The van der Waals surface area contributed by atoms with Crippen LogP contribution < -0.4 is 9.64 Å². The molecule has 0 amide bonds. The highest BCUT2D eigenvalue weighted by Gasteiger charge is 2.30. The smallest absolute Gasteiger partial charge is 0.174 e. The molecule has 2 unspecified atom stereocenters. The summed E-state index contributed by atoms with van der Waals surface area (Å²) in [4.78, 5) is 2.23. The van der Waals surface area contributed by atoms with Crippen molar-refractivity contribution in [3.8, 4) is 5.75 Å². The van der Waals surface area contributed by atoms with Crippen LogP contribution in [0.4, 0.5) is 5.69 Å². The summed E-state index contributed by atoms with van der Waals surface area (Å²) in [5.41, 5.74) is 1.21. The Labute approximate surface area is 85.5 Å². The molecular weight excluding hydrogens is 174 g/mol. The van der Waals surface area contributed by atoms with E-state index in [1.54, 1.807) is 0 Å². The molecule has 2 nitrogen and oxygen atoms in total. The molecule has 0 aromatic heterocycles. The van der Waals surface area contributed by atoms with Gasteiger partial charge < -0.3 is 9.64 Å². The van der Waals surface area contributed by atoms with Crippen molar-refractivity contribution in [1.82, 2.24) is 0 Å². The van der Waals surface area contributed by atoms with E-state index in [4.69, 9.17) is 4.74 Å². The van der Waals surface area contributed by atoms with E-state index in [1.807, 2.05) is 12.1 Å². The second-order valence-electron chi connectivity index (χ2n) is 3.97. The lowest BCUT2D eigenvalue weighted by molar-refractivity contribution is 0.163. The summed E-state index contributed by atoms with van der Waals surface area (Å²) < 4.78 is 5.90. The van der Waals surface area contributed by atoms with Crippen LogP contribution in [0.25, 0.3) is 0 Å². The van der Waals surface area contributed by atoms with Crippen molar-refractivity contribution >= 4 is 5.69 Å². The van der Waals surface area contributed by atoms with Gasteiger partial charge in [0, 0.05) is 13.0 Å². The minimum Gasteiger partial charge on any atom is -0.468 e. The van der Waals surface area contributed by atoms with Crippen LogP contribution in [0.15, 0.2) is 24.3 Å². The number of hydrogen-bond acceptors (Lipinski definition) is 2. The Hall–Kier alpha value is -1.18. The molecule has 0 spiro atoms. The zero-order valence-electron chi connectivity index (χ0n) is 9.03. The summed E-state index contributed by atoms with van der Waals surface area (Å²) in [5, 5.41) is 0. The molecule has 1 aliphatic rings. The summed E-state index contributed by atoms with van der Waals surface area (Å²) >= 11 is 0. The van der Waals surface area contributed by atoms with Crippen molar-refractivity contribution < 1.29 is 4.74 Å². The van der Waals surface area contributed by atoms with Crippen LogP contribution in [0.1, 0.15) is 20.3 Å². The maximum Gasteiger partial charge on any atom is 0.174 e. The Morgan fingerprint density at radius 1 is 1.43 bits per heavy atom. The monoisotopic (exact) mass is 191 g/mol. The van der Waals surface area contributed by atoms with Crippen LogP contribution in [-0.4, -0.2) is 13.3 Å². The Morgan fingerprint density at radius 2 is 2.14 bits per heavy atom. The molecule has 0 aliphatic carbocycles. The topological polar surface area (TPSA) is 12.5 Å². The third-order valence-electron chi connectivity index (χ3n) is 3.01. The number of ether oxygens (including phenoxy) is 1. The zero-order chi connectivity index (χ0) is 10.1. The molecule has 14 heavy (non-hydrogen) atoms. The standard InChI is InChI=1S/C12H17NO/c1-4-9(2)12-13(3)10-7-5-6-8-11(10)14-12/h5-9,12H,4H2,1-3H3. The number of nitrogens with zero attached hydrogens (tertiary/aromatic N) is 1. The largest absolute Gasteiger partial charge is 0.468 e. The quantitative estimate of drug-likeness (QED) is 0.712. The molecule has 2 heteroatoms. The van der Waals surface area contributed by atoms with E-state index in [0.29, 0.717) is 5.92 Å². The number of rotatable bonds is 2. The fourth-order valence-electron chi connectivity index (χ4n) is 1.89. The summed E-state index contributed by atoms with van der Waals surface area (Å²) in [6.45, 7) is 4.43. The van der Waals surface area contributed by atoms with E-state index in [9.17, 15) is 0 Å². The highest BCUT2D eigenvalue weighted by Crippen LogP contribution is 2.38. The molecule has 2 atom stereocenters. The van der Waals surface area contributed by atoms with E-state index in [-0.39, 0.29) is 6.23 Å². The van der Waals surface area contributed by atoms with E-state index in [2.05, 4.69) is 37.9 Å². The zero-order valence-corrected chi connectivity index (χ0v) is 9.03. The van der Waals surface area contributed by atoms with Crippen molar-refractivity contribution in [2.75, 3.05) is 11.9 Å². The summed E-state index contributed by atoms with van der Waals surface area (Å²) in [6.07, 6.45) is 1.35. The highest BCUT2D eigenvalue weighted by atomic mass is 16.5. The average Bonchev–Trinajstić information content (AvgIpc) is 2.56. The molecule has 0 fully saturated rings. The first kappa shape index (κ1) is 9.38. The van der Waals surface area contributed by atoms with Gasteiger partial charge in [-0.2, -0.15) is 0 Å². The van der Waals surface area contributed by atoms with Gasteiger partial charge in [0.1, 0.15) is 5.75 Å². The van der Waals surface area contributed by atoms with Crippen LogP contribution in [-0.2, 0) is 0 Å². The minimum atomic E-state index is 0.206. The second kappa shape index (κ2) is 3.52. The van der Waals surface area contributed by atoms with Crippen LogP contribution in [0.5, 0.6) is 5.75 Å². The van der Waals surface area contributed by atoms with Gasteiger partial charge in [-0.1, -0.05) is 26.0 Å². The Bertz CT molecular complexity index is 324. The van der Waals surface area contributed by atoms with Gasteiger partial charge in [0.05, 0.1) is 5.69 Å². The van der Waals surface area contributed by atoms with Crippen LogP contribution in [0.3, 0.4) is 0 Å². The summed E-state index contributed by atoms with van der Waals surface area (Å²) in [6, 6.07) is 8.22. The molecule has 1 aromatic carbocycles. The number of hydrogen-bond donors (Lipinski definition) is 0. The molecule has 0 bridgehead atoms. The minimum absolute atomic E-state index is 0.206. The van der Waals surface area contributed by atoms with Crippen LogP contribution in [0, 0.1) is 5.92 Å². The molecule has 1 aliphatic heterocycles. The molecular formula is C12H17NO. The fourth-order valence-corrected chi connectivity index (χ4v) is 1.89. The summed E-state index contributed by atoms with van der Waals surface area (Å²) in [7, 11) is 2.10. The SMILES string of the molecule is CCC(C)C1Oc2ccccc2N1C. The van der Waals surface area contributed by atoms with Crippen LogP contribution >= 0.6 is 0 Å². The van der Waals surface area contributed by atoms with Gasteiger partial charge in [0.15, 0.2) is 6.23 Å². The maximum absolute atomic E-state index is 5.90. The molecule has 1 aromatic rings. The molecule has 76 valence electrons. The first-order valence-corrected chi connectivity index (χ1v) is 5.22. The lowest BCUT2D eigenvalue weighted by Crippen LogP contribution is -2.36. The van der Waals surface area contributed by atoms with Gasteiger partial charge >= 0.3 is 0 Å². The van der Waals surface area contributed by atoms with Crippen LogP contribution in [0.2, 0.25) is 0 Å². The summed E-state index contributed by atoms with van der Waals surface area (Å²) in [5.74, 6) is 1.58. The Balaban J connectivity index is 2.25. The van der Waals surface area contributed by atoms with Gasteiger partial charge in [0.2, 0.25) is 0 Å². The van der Waals surface area contributed by atoms with Crippen molar-refractivity contribution in [3.63, 3.8) is 0 Å². The van der Waals surface area contributed by atoms with Gasteiger partial charge in [-0.05, 0) is 18.6 Å². The van der Waals surface area contributed by atoms with Gasteiger partial charge in [0.25, 0.3) is 0 Å². The van der Waals surface area contributed by atoms with E-state index < -0.39 is 0 Å². The molecule has 0 saturated carbocycles. The first-order valence-electron chi connectivity index (χ1n) is 5.22. The number of benzene rings is 1. The third kappa shape index (κ3) is 1.35. The van der Waals surface area contributed by atoms with E-state index in [1.165, 1.54) is 5.69 Å². The predicted octanol–water partition coefficient (Wildman–Crippen LogP) is 2.89. The number of fused-ring (bicyclic) bond motifs is 1. The van der Waals surface area contributed by atoms with Gasteiger partial charge in [-0.3, -0.25) is 0 Å². The lowest BCUT2D eigenvalue weighted by Gasteiger charge is -2.25. The van der Waals surface area contributed by atoms with Crippen molar-refractivity contribution in [1.29, 1.82) is 0 Å². The van der Waals surface area contributed by atoms with Crippen molar-refractivity contribution in [3.05, 3.63) is 24.3 Å². The van der Waals surface area contributed by atoms with Gasteiger partial charge in [-0.15, -0.1) is 0 Å². The van der Waals surface area contributed by atoms with Crippen molar-refractivity contribution in [2.45, 2.75) is 26.5 Å². The molecule has 1 heterocycles.